The van der Waals surface area contributed by atoms with E-state index in [9.17, 15) is 9.59 Å². The number of benzene rings is 3. The van der Waals surface area contributed by atoms with Gasteiger partial charge in [-0.05, 0) is 75.4 Å². The monoisotopic (exact) mass is 471 g/mol. The summed E-state index contributed by atoms with van der Waals surface area (Å²) in [6, 6.07) is 21.1. The van der Waals surface area contributed by atoms with Crippen LogP contribution in [-0.4, -0.2) is 40.6 Å². The van der Waals surface area contributed by atoms with Gasteiger partial charge in [-0.2, -0.15) is 0 Å². The number of carbonyl (C=O) groups excluding carboxylic acids is 1. The minimum absolute atomic E-state index is 0.167. The number of nitrogens with zero attached hydrogens (tertiary/aromatic N) is 3. The van der Waals surface area contributed by atoms with Crippen LogP contribution in [0.25, 0.3) is 16.6 Å². The normalized spacial score (nSPS) is 11.8. The zero-order valence-corrected chi connectivity index (χ0v) is 20.4. The summed E-state index contributed by atoms with van der Waals surface area (Å²) in [5.41, 5.74) is 1.56. The molecule has 0 N–H and O–H groups in total. The second-order valence-electron chi connectivity index (χ2n) is 8.05. The van der Waals surface area contributed by atoms with Gasteiger partial charge in [0.1, 0.15) is 17.3 Å². The largest absolute Gasteiger partial charge is 0.497 e. The molecular formula is C28H29N3O4. The highest BCUT2D eigenvalue weighted by Crippen LogP contribution is 2.26. The van der Waals surface area contributed by atoms with Gasteiger partial charge in [0.15, 0.2) is 0 Å². The van der Waals surface area contributed by atoms with E-state index in [0.717, 1.165) is 5.75 Å². The predicted octanol–water partition coefficient (Wildman–Crippen LogP) is 5.02. The molecule has 7 heteroatoms. The first kappa shape index (κ1) is 24.0. The number of fused-ring (bicyclic) bond motifs is 1. The van der Waals surface area contributed by atoms with E-state index in [1.807, 2.05) is 63.2 Å². The Balaban J connectivity index is 1.85. The third-order valence-electron chi connectivity index (χ3n) is 5.97. The molecule has 0 spiro atoms. The average molecular weight is 472 g/mol. The van der Waals surface area contributed by atoms with E-state index >= 15 is 0 Å². The summed E-state index contributed by atoms with van der Waals surface area (Å²) in [7, 11) is 1.57. The van der Waals surface area contributed by atoms with Crippen LogP contribution >= 0.6 is 0 Å². The summed E-state index contributed by atoms with van der Waals surface area (Å²) in [6.45, 7) is 6.71. The first-order valence-electron chi connectivity index (χ1n) is 11.7. The summed E-state index contributed by atoms with van der Waals surface area (Å²) in [5.74, 6) is 1.64. The van der Waals surface area contributed by atoms with E-state index < -0.39 is 6.04 Å². The highest BCUT2D eigenvalue weighted by atomic mass is 16.5. The molecule has 4 rings (SSSR count). The first-order chi connectivity index (χ1) is 17.0. The van der Waals surface area contributed by atoms with Gasteiger partial charge in [0.25, 0.3) is 11.5 Å². The Morgan fingerprint density at radius 1 is 1.00 bits per heavy atom. The van der Waals surface area contributed by atoms with Crippen molar-refractivity contribution in [3.05, 3.63) is 94.5 Å². The molecule has 1 heterocycles. The zero-order valence-electron chi connectivity index (χ0n) is 20.4. The Morgan fingerprint density at radius 3 is 2.43 bits per heavy atom. The maximum absolute atomic E-state index is 13.7. The quantitative estimate of drug-likeness (QED) is 0.361. The van der Waals surface area contributed by atoms with E-state index in [1.54, 1.807) is 46.9 Å². The molecule has 0 saturated heterocycles. The molecule has 7 nitrogen and oxygen atoms in total. The average Bonchev–Trinajstić information content (AvgIpc) is 2.89. The predicted molar refractivity (Wildman–Crippen MR) is 137 cm³/mol. The molecule has 0 radical (unpaired) electrons. The molecule has 180 valence electrons. The Morgan fingerprint density at radius 2 is 1.74 bits per heavy atom. The van der Waals surface area contributed by atoms with Crippen LogP contribution in [0.2, 0.25) is 0 Å². The van der Waals surface area contributed by atoms with Crippen LogP contribution in [0.5, 0.6) is 11.5 Å². The van der Waals surface area contributed by atoms with E-state index in [2.05, 4.69) is 0 Å². The maximum atomic E-state index is 13.7. The third-order valence-corrected chi connectivity index (χ3v) is 5.97. The van der Waals surface area contributed by atoms with Crippen LogP contribution in [0.1, 0.15) is 43.0 Å². The van der Waals surface area contributed by atoms with Crippen molar-refractivity contribution in [2.45, 2.75) is 26.8 Å². The van der Waals surface area contributed by atoms with E-state index in [4.69, 9.17) is 14.5 Å². The SMILES string of the molecule is CCOc1ccc(-n2c(C(C)N(CC)C(=O)c3cccc(OC)c3)nc3ccccc3c2=O)cc1. The summed E-state index contributed by atoms with van der Waals surface area (Å²) in [4.78, 5) is 33.7. The van der Waals surface area contributed by atoms with Gasteiger partial charge in [0.05, 0.1) is 36.3 Å². The molecule has 1 aromatic heterocycles. The number of hydrogen-bond donors (Lipinski definition) is 0. The van der Waals surface area contributed by atoms with Gasteiger partial charge in [-0.3, -0.25) is 14.2 Å². The molecule has 0 bridgehead atoms. The first-order valence-corrected chi connectivity index (χ1v) is 11.7. The Kier molecular flexibility index (Phi) is 7.15. The Hall–Kier alpha value is -4.13. The highest BCUT2D eigenvalue weighted by Gasteiger charge is 2.27. The fourth-order valence-electron chi connectivity index (χ4n) is 4.19. The number of aromatic nitrogens is 2. The van der Waals surface area contributed by atoms with Crippen molar-refractivity contribution in [1.82, 2.24) is 14.5 Å². The summed E-state index contributed by atoms with van der Waals surface area (Å²) in [6.07, 6.45) is 0. The smallest absolute Gasteiger partial charge is 0.266 e. The van der Waals surface area contributed by atoms with Gasteiger partial charge in [-0.15, -0.1) is 0 Å². The lowest BCUT2D eigenvalue weighted by Gasteiger charge is -2.29. The van der Waals surface area contributed by atoms with Crippen LogP contribution in [0.3, 0.4) is 0 Å². The molecule has 35 heavy (non-hydrogen) atoms. The van der Waals surface area contributed by atoms with Crippen molar-refractivity contribution in [3.63, 3.8) is 0 Å². The fraction of sp³-hybridized carbons (Fsp3) is 0.250. The van der Waals surface area contributed by atoms with Gasteiger partial charge in [0, 0.05) is 12.1 Å². The number of carbonyl (C=O) groups is 1. The van der Waals surface area contributed by atoms with Crippen molar-refractivity contribution in [2.75, 3.05) is 20.3 Å². The van der Waals surface area contributed by atoms with Crippen molar-refractivity contribution < 1.29 is 14.3 Å². The fourth-order valence-corrected chi connectivity index (χ4v) is 4.19. The molecule has 1 atom stereocenters. The van der Waals surface area contributed by atoms with Gasteiger partial charge < -0.3 is 14.4 Å². The zero-order chi connectivity index (χ0) is 24.9. The second kappa shape index (κ2) is 10.4. The van der Waals surface area contributed by atoms with Crippen LogP contribution in [0.15, 0.2) is 77.6 Å². The van der Waals surface area contributed by atoms with E-state index in [-0.39, 0.29) is 11.5 Å². The molecule has 0 saturated carbocycles. The van der Waals surface area contributed by atoms with Gasteiger partial charge >= 0.3 is 0 Å². The number of para-hydroxylation sites is 1. The number of rotatable bonds is 8. The molecule has 0 fully saturated rings. The number of ether oxygens (including phenoxy) is 2. The molecule has 3 aromatic carbocycles. The van der Waals surface area contributed by atoms with Crippen LogP contribution in [-0.2, 0) is 0 Å². The molecule has 0 aliphatic heterocycles. The number of amides is 1. The van der Waals surface area contributed by atoms with Crippen LogP contribution < -0.4 is 15.0 Å². The molecule has 1 unspecified atom stereocenters. The second-order valence-corrected chi connectivity index (χ2v) is 8.05. The summed E-state index contributed by atoms with van der Waals surface area (Å²) >= 11 is 0. The van der Waals surface area contributed by atoms with Gasteiger partial charge in [-0.25, -0.2) is 4.98 Å². The number of hydrogen-bond acceptors (Lipinski definition) is 5. The van der Waals surface area contributed by atoms with Crippen LogP contribution in [0, 0.1) is 0 Å². The lowest BCUT2D eigenvalue weighted by atomic mass is 10.1. The van der Waals surface area contributed by atoms with E-state index in [1.165, 1.54) is 0 Å². The maximum Gasteiger partial charge on any atom is 0.266 e. The molecule has 0 aliphatic rings. The Labute approximate surface area is 204 Å². The van der Waals surface area contributed by atoms with Crippen LogP contribution in [0.4, 0.5) is 0 Å². The molecule has 1 amide bonds. The van der Waals surface area contributed by atoms with Crippen molar-refractivity contribution in [2.24, 2.45) is 0 Å². The van der Waals surface area contributed by atoms with Gasteiger partial charge in [0.2, 0.25) is 0 Å². The van der Waals surface area contributed by atoms with Gasteiger partial charge in [-0.1, -0.05) is 18.2 Å². The minimum Gasteiger partial charge on any atom is -0.497 e. The summed E-state index contributed by atoms with van der Waals surface area (Å²) in [5, 5.41) is 0.513. The number of methoxy groups -OCH3 is 1. The third kappa shape index (κ3) is 4.75. The molecule has 0 aliphatic carbocycles. The standard InChI is InChI=1S/C28H29N3O4/c1-5-30(27(32)20-10-9-11-23(18-20)34-4)19(3)26-29-25-13-8-7-12-24(25)28(33)31(26)21-14-16-22(17-15-21)35-6-2/h7-19H,5-6H2,1-4H3. The van der Waals surface area contributed by atoms with Crippen molar-refractivity contribution >= 4 is 16.8 Å². The highest BCUT2D eigenvalue weighted by molar-refractivity contribution is 5.95. The lowest BCUT2D eigenvalue weighted by molar-refractivity contribution is 0.0693. The lowest BCUT2D eigenvalue weighted by Crippen LogP contribution is -2.37. The molecule has 4 aromatic rings. The van der Waals surface area contributed by atoms with E-state index in [0.29, 0.717) is 46.9 Å². The minimum atomic E-state index is -0.484. The Bertz CT molecular complexity index is 1400. The topological polar surface area (TPSA) is 73.7 Å². The summed E-state index contributed by atoms with van der Waals surface area (Å²) < 4.78 is 12.4. The van der Waals surface area contributed by atoms with Crippen molar-refractivity contribution in [1.29, 1.82) is 0 Å². The molecular weight excluding hydrogens is 442 g/mol. The van der Waals surface area contributed by atoms with Crippen molar-refractivity contribution in [3.8, 4) is 17.2 Å².